The molecule has 1 heteroatoms. The zero-order valence-electron chi connectivity index (χ0n) is 11.9. The van der Waals surface area contributed by atoms with E-state index in [0.29, 0.717) is 0 Å². The molecule has 0 N–H and O–H groups in total. The Labute approximate surface area is 102 Å². The Bertz CT molecular complexity index is 131. The molecule has 0 spiro atoms. The van der Waals surface area contributed by atoms with Crippen LogP contribution in [-0.4, -0.2) is 18.4 Å². The summed E-state index contributed by atoms with van der Waals surface area (Å²) in [5.41, 5.74) is 0. The summed E-state index contributed by atoms with van der Waals surface area (Å²) in [5, 5.41) is 0. The average Bonchev–Trinajstić information content (AvgIpc) is 2.19. The van der Waals surface area contributed by atoms with Crippen molar-refractivity contribution < 1.29 is 0 Å². The summed E-state index contributed by atoms with van der Waals surface area (Å²) in [6.07, 6.45) is 2.99. The first-order valence-corrected chi connectivity index (χ1v) is 15.0. The maximum atomic E-state index is 2.47. The fourth-order valence-electron chi connectivity index (χ4n) is 2.27. The van der Waals surface area contributed by atoms with Gasteiger partial charge >= 0.3 is 102 Å². The molecular weight excluding hydrogens is 287 g/mol. The minimum absolute atomic E-state index is 0.915. The number of hydrogen-bond donors (Lipinski definition) is 0. The molecule has 0 aromatic heterocycles. The van der Waals surface area contributed by atoms with Crippen LogP contribution >= 0.6 is 0 Å². The third kappa shape index (κ3) is 6.86. The molecule has 92 valence electrons. The standard InChI is InChI=1S/2C5H11.2C2H5.Sn/c2*1-4-5(2)3;2*1-2;/h2*5H,1,4H2,2-3H3;2*1H2,2H3;. The zero-order chi connectivity index (χ0) is 11.9. The monoisotopic (exact) mass is 320 g/mol. The van der Waals surface area contributed by atoms with Crippen molar-refractivity contribution in [1.29, 1.82) is 0 Å². The van der Waals surface area contributed by atoms with Crippen molar-refractivity contribution >= 4 is 18.4 Å². The van der Waals surface area contributed by atoms with E-state index in [1.807, 2.05) is 0 Å². The van der Waals surface area contributed by atoms with Gasteiger partial charge < -0.3 is 0 Å². The first kappa shape index (κ1) is 15.8. The molecule has 0 bridgehead atoms. The van der Waals surface area contributed by atoms with E-state index in [9.17, 15) is 0 Å². The zero-order valence-corrected chi connectivity index (χ0v) is 14.8. The molecule has 0 aromatic rings. The topological polar surface area (TPSA) is 0 Å². The van der Waals surface area contributed by atoms with Crippen LogP contribution in [0.3, 0.4) is 0 Å². The van der Waals surface area contributed by atoms with Crippen LogP contribution in [0.5, 0.6) is 0 Å². The summed E-state index contributed by atoms with van der Waals surface area (Å²) < 4.78 is 6.44. The van der Waals surface area contributed by atoms with E-state index in [4.69, 9.17) is 0 Å². The number of hydrogen-bond acceptors (Lipinski definition) is 0. The van der Waals surface area contributed by atoms with E-state index in [-0.39, 0.29) is 0 Å². The molecule has 15 heavy (non-hydrogen) atoms. The number of rotatable bonds is 8. The van der Waals surface area contributed by atoms with Gasteiger partial charge in [-0.2, -0.15) is 0 Å². The Morgan fingerprint density at radius 1 is 0.733 bits per heavy atom. The van der Waals surface area contributed by atoms with Crippen LogP contribution in [0.4, 0.5) is 0 Å². The molecule has 0 aliphatic rings. The van der Waals surface area contributed by atoms with Gasteiger partial charge in [0.2, 0.25) is 0 Å². The second kappa shape index (κ2) is 7.97. The van der Waals surface area contributed by atoms with Gasteiger partial charge in [0.1, 0.15) is 0 Å². The second-order valence-corrected chi connectivity index (χ2v) is 21.5. The predicted molar refractivity (Wildman–Crippen MR) is 75.2 cm³/mol. The maximum absolute atomic E-state index is 2.47. The van der Waals surface area contributed by atoms with E-state index in [2.05, 4.69) is 41.5 Å². The van der Waals surface area contributed by atoms with Gasteiger partial charge in [0.15, 0.2) is 0 Å². The third-order valence-corrected chi connectivity index (χ3v) is 20.3. The van der Waals surface area contributed by atoms with Crippen molar-refractivity contribution in [1.82, 2.24) is 0 Å². The van der Waals surface area contributed by atoms with Crippen molar-refractivity contribution in [3.63, 3.8) is 0 Å². The van der Waals surface area contributed by atoms with E-state index < -0.39 is 18.4 Å². The average molecular weight is 319 g/mol. The van der Waals surface area contributed by atoms with Gasteiger partial charge in [0.05, 0.1) is 0 Å². The second-order valence-electron chi connectivity index (χ2n) is 6.07. The van der Waals surface area contributed by atoms with Crippen LogP contribution in [0.1, 0.15) is 54.4 Å². The van der Waals surface area contributed by atoms with Gasteiger partial charge in [0, 0.05) is 0 Å². The first-order chi connectivity index (χ1) is 6.95. The Balaban J connectivity index is 4.17. The Morgan fingerprint density at radius 2 is 1.07 bits per heavy atom. The molecule has 0 amide bonds. The molecule has 0 unspecified atom stereocenters. The van der Waals surface area contributed by atoms with Crippen LogP contribution in [0.15, 0.2) is 0 Å². The summed E-state index contributed by atoms with van der Waals surface area (Å²) in [6, 6.07) is 0. The Morgan fingerprint density at radius 3 is 1.27 bits per heavy atom. The van der Waals surface area contributed by atoms with Gasteiger partial charge in [0.25, 0.3) is 0 Å². The van der Waals surface area contributed by atoms with Crippen LogP contribution in [-0.2, 0) is 0 Å². The Kier molecular flexibility index (Phi) is 8.40. The van der Waals surface area contributed by atoms with E-state index in [1.165, 1.54) is 12.8 Å². The molecule has 0 aliphatic heterocycles. The van der Waals surface area contributed by atoms with Gasteiger partial charge in [-0.05, 0) is 0 Å². The van der Waals surface area contributed by atoms with Crippen molar-refractivity contribution in [3.8, 4) is 0 Å². The molecule has 0 rings (SSSR count). The molecule has 0 atom stereocenters. The summed E-state index contributed by atoms with van der Waals surface area (Å²) in [4.78, 5) is 0. The SMILES string of the molecule is C[CH2][Sn]([CH2]C)([CH2]CC(C)C)[CH2]CC(C)C. The van der Waals surface area contributed by atoms with Crippen molar-refractivity contribution in [3.05, 3.63) is 0 Å². The van der Waals surface area contributed by atoms with Crippen LogP contribution < -0.4 is 0 Å². The van der Waals surface area contributed by atoms with Crippen LogP contribution in [0, 0.1) is 11.8 Å². The molecule has 0 fully saturated rings. The molecule has 0 heterocycles. The van der Waals surface area contributed by atoms with Crippen molar-refractivity contribution in [2.24, 2.45) is 11.8 Å². The third-order valence-electron chi connectivity index (χ3n) is 4.00. The summed E-state index contributed by atoms with van der Waals surface area (Å²) >= 11 is -1.65. The quantitative estimate of drug-likeness (QED) is 0.513. The Hall–Kier alpha value is 0.799. The van der Waals surface area contributed by atoms with Gasteiger partial charge in [-0.1, -0.05) is 0 Å². The molecule has 0 aromatic carbocycles. The van der Waals surface area contributed by atoms with Crippen molar-refractivity contribution in [2.75, 3.05) is 0 Å². The van der Waals surface area contributed by atoms with E-state index in [1.54, 1.807) is 17.7 Å². The van der Waals surface area contributed by atoms with Gasteiger partial charge in [-0.15, -0.1) is 0 Å². The molecule has 0 saturated carbocycles. The van der Waals surface area contributed by atoms with Crippen molar-refractivity contribution in [2.45, 2.75) is 72.1 Å². The summed E-state index contributed by atoms with van der Waals surface area (Å²) in [5.74, 6) is 1.83. The van der Waals surface area contributed by atoms with Gasteiger partial charge in [-0.25, -0.2) is 0 Å². The molecule has 0 saturated heterocycles. The summed E-state index contributed by atoms with van der Waals surface area (Å²) in [6.45, 7) is 14.5. The first-order valence-electron chi connectivity index (χ1n) is 6.95. The normalized spacial score (nSPS) is 12.8. The van der Waals surface area contributed by atoms with Crippen LogP contribution in [0.2, 0.25) is 17.7 Å². The van der Waals surface area contributed by atoms with E-state index in [0.717, 1.165) is 11.8 Å². The minimum atomic E-state index is -1.65. The van der Waals surface area contributed by atoms with Gasteiger partial charge in [-0.3, -0.25) is 0 Å². The predicted octanol–water partition coefficient (Wildman–Crippen LogP) is 5.57. The van der Waals surface area contributed by atoms with Crippen LogP contribution in [0.25, 0.3) is 0 Å². The fraction of sp³-hybridized carbons (Fsp3) is 1.00. The van der Waals surface area contributed by atoms with E-state index >= 15 is 0 Å². The summed E-state index contributed by atoms with van der Waals surface area (Å²) in [7, 11) is 0. The molecular formula is C14H32Sn. The fourth-order valence-corrected chi connectivity index (χ4v) is 15.2. The molecule has 0 aliphatic carbocycles. The molecule has 0 radical (unpaired) electrons. The molecule has 0 nitrogen and oxygen atoms in total.